The molecule has 38 heavy (non-hydrogen) atoms. The van der Waals surface area contributed by atoms with Gasteiger partial charge in [0.25, 0.3) is 5.91 Å². The molecular formula is C29H29ClN4O4. The highest BCUT2D eigenvalue weighted by atomic mass is 35.5. The van der Waals surface area contributed by atoms with Gasteiger partial charge < -0.3 is 10.4 Å². The summed E-state index contributed by atoms with van der Waals surface area (Å²) in [5, 5.41) is 13.1. The van der Waals surface area contributed by atoms with Gasteiger partial charge in [0, 0.05) is 18.8 Å². The summed E-state index contributed by atoms with van der Waals surface area (Å²) < 4.78 is 3.47. The SMILES string of the molecule is Cc1ncc(Cl)cc1C(=O)N[C@H]1CC[C@H](Cn2c(=O)n(Cc3ccccc3C(=O)O)c3ccccc32)CC1. The summed E-state index contributed by atoms with van der Waals surface area (Å²) in [5.74, 6) is -0.883. The molecule has 0 aliphatic heterocycles. The fraction of sp³-hybridized carbons (Fsp3) is 0.310. The van der Waals surface area contributed by atoms with Crippen LogP contribution in [0.15, 0.2) is 65.6 Å². The maximum absolute atomic E-state index is 13.6. The van der Waals surface area contributed by atoms with E-state index in [1.165, 1.54) is 6.20 Å². The van der Waals surface area contributed by atoms with Gasteiger partial charge in [-0.1, -0.05) is 41.9 Å². The second-order valence-electron chi connectivity index (χ2n) is 9.91. The van der Waals surface area contributed by atoms with Crippen molar-refractivity contribution in [3.05, 3.63) is 98.7 Å². The third-order valence-electron chi connectivity index (χ3n) is 7.42. The maximum Gasteiger partial charge on any atom is 0.336 e. The molecule has 0 atom stereocenters. The number of aromatic nitrogens is 3. The van der Waals surface area contributed by atoms with Crippen LogP contribution >= 0.6 is 11.6 Å². The van der Waals surface area contributed by atoms with Crippen LogP contribution in [0.5, 0.6) is 0 Å². The third-order valence-corrected chi connectivity index (χ3v) is 7.63. The second-order valence-corrected chi connectivity index (χ2v) is 10.3. The Kier molecular flexibility index (Phi) is 7.33. The van der Waals surface area contributed by atoms with Gasteiger partial charge in [-0.25, -0.2) is 9.59 Å². The Bertz CT molecular complexity index is 1570. The van der Waals surface area contributed by atoms with Crippen molar-refractivity contribution in [2.24, 2.45) is 5.92 Å². The van der Waals surface area contributed by atoms with E-state index >= 15 is 0 Å². The molecule has 2 aromatic heterocycles. The van der Waals surface area contributed by atoms with Crippen molar-refractivity contribution in [3.8, 4) is 0 Å². The van der Waals surface area contributed by atoms with Crippen LogP contribution in [0.3, 0.4) is 0 Å². The molecule has 2 N–H and O–H groups in total. The van der Waals surface area contributed by atoms with Crippen LogP contribution in [0, 0.1) is 12.8 Å². The number of imidazole rings is 1. The highest BCUT2D eigenvalue weighted by Crippen LogP contribution is 2.27. The number of carboxylic acid groups (broad SMARTS) is 1. The highest BCUT2D eigenvalue weighted by Gasteiger charge is 2.26. The van der Waals surface area contributed by atoms with Gasteiger partial charge in [-0.05, 0) is 68.4 Å². The Balaban J connectivity index is 1.30. The summed E-state index contributed by atoms with van der Waals surface area (Å²) in [6, 6.07) is 16.1. The number of hydrogen-bond donors (Lipinski definition) is 2. The molecule has 5 rings (SSSR count). The lowest BCUT2D eigenvalue weighted by molar-refractivity contribution is 0.0695. The molecule has 0 radical (unpaired) electrons. The number of carboxylic acids is 1. The van der Waals surface area contributed by atoms with Crippen molar-refractivity contribution in [2.75, 3.05) is 0 Å². The molecule has 2 aromatic carbocycles. The van der Waals surface area contributed by atoms with E-state index < -0.39 is 5.97 Å². The van der Waals surface area contributed by atoms with E-state index in [-0.39, 0.29) is 29.7 Å². The summed E-state index contributed by atoms with van der Waals surface area (Å²) >= 11 is 6.02. The lowest BCUT2D eigenvalue weighted by Crippen LogP contribution is -2.39. The Hall–Kier alpha value is -3.91. The number of aromatic carboxylic acids is 1. The van der Waals surface area contributed by atoms with Crippen LogP contribution in [0.4, 0.5) is 0 Å². The van der Waals surface area contributed by atoms with Crippen LogP contribution in [0.2, 0.25) is 5.02 Å². The number of carbonyl (C=O) groups is 2. The van der Waals surface area contributed by atoms with E-state index in [1.807, 2.05) is 28.8 Å². The molecule has 4 aromatic rings. The largest absolute Gasteiger partial charge is 0.478 e. The van der Waals surface area contributed by atoms with Crippen LogP contribution in [0.25, 0.3) is 11.0 Å². The molecule has 1 aliphatic rings. The minimum absolute atomic E-state index is 0.0581. The van der Waals surface area contributed by atoms with Gasteiger partial charge in [-0.15, -0.1) is 0 Å². The number of para-hydroxylation sites is 2. The maximum atomic E-state index is 13.6. The molecule has 196 valence electrons. The lowest BCUT2D eigenvalue weighted by Gasteiger charge is -2.29. The molecule has 1 fully saturated rings. The van der Waals surface area contributed by atoms with E-state index in [9.17, 15) is 19.5 Å². The fourth-order valence-corrected chi connectivity index (χ4v) is 5.54. The third kappa shape index (κ3) is 5.22. The molecule has 1 amide bonds. The molecule has 0 bridgehead atoms. The number of hydrogen-bond acceptors (Lipinski definition) is 4. The van der Waals surface area contributed by atoms with Crippen LogP contribution in [-0.4, -0.2) is 37.1 Å². The monoisotopic (exact) mass is 532 g/mol. The summed E-state index contributed by atoms with van der Waals surface area (Å²) in [6.45, 7) is 2.55. The van der Waals surface area contributed by atoms with Crippen molar-refractivity contribution in [2.45, 2.75) is 51.7 Å². The van der Waals surface area contributed by atoms with Gasteiger partial charge in [0.2, 0.25) is 0 Å². The zero-order valence-corrected chi connectivity index (χ0v) is 21.8. The van der Waals surface area contributed by atoms with E-state index in [0.717, 1.165) is 36.7 Å². The number of nitrogens with one attached hydrogen (secondary N) is 1. The molecule has 0 saturated heterocycles. The predicted octanol–water partition coefficient (Wildman–Crippen LogP) is 4.90. The molecule has 8 nitrogen and oxygen atoms in total. The summed E-state index contributed by atoms with van der Waals surface area (Å²) in [5.41, 5.74) is 3.39. The van der Waals surface area contributed by atoms with Crippen molar-refractivity contribution in [1.82, 2.24) is 19.4 Å². The normalized spacial score (nSPS) is 17.4. The smallest absolute Gasteiger partial charge is 0.336 e. The average molecular weight is 533 g/mol. The first-order valence-corrected chi connectivity index (χ1v) is 13.1. The van der Waals surface area contributed by atoms with Crippen LogP contribution in [-0.2, 0) is 13.1 Å². The van der Waals surface area contributed by atoms with Gasteiger partial charge in [0.05, 0.1) is 39.4 Å². The van der Waals surface area contributed by atoms with E-state index in [4.69, 9.17) is 11.6 Å². The molecule has 2 heterocycles. The summed E-state index contributed by atoms with van der Waals surface area (Å²) in [4.78, 5) is 42.2. The number of pyridine rings is 1. The van der Waals surface area contributed by atoms with Crippen LogP contribution < -0.4 is 11.0 Å². The van der Waals surface area contributed by atoms with E-state index in [0.29, 0.717) is 34.3 Å². The minimum atomic E-state index is -1.01. The van der Waals surface area contributed by atoms with Crippen molar-refractivity contribution in [3.63, 3.8) is 0 Å². The van der Waals surface area contributed by atoms with E-state index in [1.54, 1.807) is 41.8 Å². The van der Waals surface area contributed by atoms with Gasteiger partial charge in [0.15, 0.2) is 0 Å². The first kappa shape index (κ1) is 25.7. The van der Waals surface area contributed by atoms with Crippen LogP contribution in [0.1, 0.15) is 57.7 Å². The topological polar surface area (TPSA) is 106 Å². The van der Waals surface area contributed by atoms with Gasteiger partial charge >= 0.3 is 11.7 Å². The number of amides is 1. The second kappa shape index (κ2) is 10.8. The number of halogens is 1. The number of rotatable bonds is 7. The molecular weight excluding hydrogens is 504 g/mol. The van der Waals surface area contributed by atoms with Gasteiger partial charge in [-0.2, -0.15) is 0 Å². The predicted molar refractivity (Wildman–Crippen MR) is 146 cm³/mol. The average Bonchev–Trinajstić information content (AvgIpc) is 3.17. The Morgan fingerprint density at radius 3 is 2.37 bits per heavy atom. The van der Waals surface area contributed by atoms with Gasteiger partial charge in [-0.3, -0.25) is 18.9 Å². The quantitative estimate of drug-likeness (QED) is 0.352. The number of nitrogens with zero attached hydrogens (tertiary/aromatic N) is 3. The Morgan fingerprint density at radius 1 is 1.00 bits per heavy atom. The Labute approximate surface area is 224 Å². The molecule has 0 spiro atoms. The molecule has 9 heteroatoms. The van der Waals surface area contributed by atoms with Gasteiger partial charge in [0.1, 0.15) is 0 Å². The minimum Gasteiger partial charge on any atom is -0.478 e. The fourth-order valence-electron chi connectivity index (χ4n) is 5.39. The summed E-state index contributed by atoms with van der Waals surface area (Å²) in [7, 11) is 0. The number of carbonyl (C=O) groups excluding carboxylic acids is 1. The lowest BCUT2D eigenvalue weighted by atomic mass is 9.85. The van der Waals surface area contributed by atoms with Crippen molar-refractivity contribution in [1.29, 1.82) is 0 Å². The van der Waals surface area contributed by atoms with Crippen molar-refractivity contribution < 1.29 is 14.7 Å². The first-order chi connectivity index (χ1) is 18.3. The molecule has 0 unspecified atom stereocenters. The highest BCUT2D eigenvalue weighted by molar-refractivity contribution is 6.30. The molecule has 1 aliphatic carbocycles. The number of aryl methyl sites for hydroxylation is 1. The zero-order chi connectivity index (χ0) is 26.8. The van der Waals surface area contributed by atoms with Crippen molar-refractivity contribution >= 4 is 34.5 Å². The zero-order valence-electron chi connectivity index (χ0n) is 21.1. The first-order valence-electron chi connectivity index (χ1n) is 12.7. The molecule has 1 saturated carbocycles. The van der Waals surface area contributed by atoms with E-state index in [2.05, 4.69) is 10.3 Å². The number of fused-ring (bicyclic) bond motifs is 1. The standard InChI is InChI=1S/C29H29ClN4O4/c1-18-24(14-21(30)15-31-18)27(35)32-22-12-10-19(11-13-22)16-33-25-8-4-5-9-26(25)34(29(33)38)17-20-6-2-3-7-23(20)28(36)37/h2-9,14-15,19,22H,10-13,16-17H2,1H3,(H,32,35)(H,36,37)/t19-,22-. The summed E-state index contributed by atoms with van der Waals surface area (Å²) in [6.07, 6.45) is 4.94. The number of benzene rings is 2. The Morgan fingerprint density at radius 2 is 1.66 bits per heavy atom.